The molecule has 1 aliphatic heterocycles. The Labute approximate surface area is 166 Å². The summed E-state index contributed by atoms with van der Waals surface area (Å²) in [5.41, 5.74) is 2.78. The van der Waals surface area contributed by atoms with E-state index in [0.29, 0.717) is 18.8 Å². The second-order valence-electron chi connectivity index (χ2n) is 7.08. The van der Waals surface area contributed by atoms with Crippen LogP contribution in [0.15, 0.2) is 53.4 Å². The second-order valence-corrected chi connectivity index (χ2v) is 9.01. The smallest absolute Gasteiger partial charge is 0.321 e. The minimum atomic E-state index is -3.53. The van der Waals surface area contributed by atoms with Crippen LogP contribution in [0.4, 0.5) is 16.2 Å². The van der Waals surface area contributed by atoms with Crippen LogP contribution in [0.3, 0.4) is 0 Å². The lowest BCUT2D eigenvalue weighted by molar-refractivity contribution is 0.184. The molecule has 0 bridgehead atoms. The number of carbonyl (C=O) groups excluding carboxylic acids is 1. The lowest BCUT2D eigenvalue weighted by atomic mass is 10.2. The van der Waals surface area contributed by atoms with Gasteiger partial charge < -0.3 is 15.1 Å². The number of sulfonamides is 1. The van der Waals surface area contributed by atoms with Gasteiger partial charge in [-0.25, -0.2) is 13.2 Å². The monoisotopic (exact) mass is 402 g/mol. The van der Waals surface area contributed by atoms with E-state index in [4.69, 9.17) is 0 Å². The molecule has 28 heavy (non-hydrogen) atoms. The van der Waals surface area contributed by atoms with Gasteiger partial charge in [-0.2, -0.15) is 4.31 Å². The van der Waals surface area contributed by atoms with Gasteiger partial charge >= 0.3 is 6.03 Å². The van der Waals surface area contributed by atoms with Crippen molar-refractivity contribution in [1.29, 1.82) is 0 Å². The molecular formula is C20H26N4O3S. The van der Waals surface area contributed by atoms with Crippen LogP contribution < -0.4 is 10.2 Å². The third kappa shape index (κ3) is 4.45. The van der Waals surface area contributed by atoms with E-state index in [1.165, 1.54) is 4.31 Å². The number of carbonyl (C=O) groups is 1. The van der Waals surface area contributed by atoms with Gasteiger partial charge in [-0.15, -0.1) is 0 Å². The van der Waals surface area contributed by atoms with Gasteiger partial charge in [-0.05, 0) is 43.3 Å². The summed E-state index contributed by atoms with van der Waals surface area (Å²) in [5.74, 6) is 0. The molecule has 1 heterocycles. The number of piperazine rings is 1. The number of aryl methyl sites for hydroxylation is 1. The summed E-state index contributed by atoms with van der Waals surface area (Å²) in [4.78, 5) is 16.4. The number of nitrogens with zero attached hydrogens (tertiary/aromatic N) is 3. The summed E-state index contributed by atoms with van der Waals surface area (Å²) in [6.07, 6.45) is 0. The fourth-order valence-corrected chi connectivity index (χ4v) is 4.46. The number of benzene rings is 2. The normalized spacial score (nSPS) is 15.3. The lowest BCUT2D eigenvalue weighted by Crippen LogP contribution is -2.51. The van der Waals surface area contributed by atoms with Crippen molar-refractivity contribution in [1.82, 2.24) is 9.21 Å². The highest BCUT2D eigenvalue weighted by Crippen LogP contribution is 2.19. The number of nitrogens with one attached hydrogen (secondary N) is 1. The van der Waals surface area contributed by atoms with Gasteiger partial charge in [0.15, 0.2) is 0 Å². The SMILES string of the molecule is Cc1ccc(S(=O)(=O)N2CCN(C(=O)Nc3ccc(N(C)C)cc3)CC2)cc1. The minimum Gasteiger partial charge on any atom is -0.378 e. The minimum absolute atomic E-state index is 0.218. The Morgan fingerprint density at radius 1 is 0.929 bits per heavy atom. The van der Waals surface area contributed by atoms with Crippen molar-refractivity contribution in [2.75, 3.05) is 50.5 Å². The van der Waals surface area contributed by atoms with Crippen LogP contribution in [0.5, 0.6) is 0 Å². The van der Waals surface area contributed by atoms with Crippen LogP contribution in [0.25, 0.3) is 0 Å². The zero-order valence-electron chi connectivity index (χ0n) is 16.4. The Morgan fingerprint density at radius 2 is 1.50 bits per heavy atom. The number of rotatable bonds is 4. The van der Waals surface area contributed by atoms with E-state index in [1.807, 2.05) is 50.2 Å². The summed E-state index contributed by atoms with van der Waals surface area (Å²) >= 11 is 0. The van der Waals surface area contributed by atoms with Gasteiger partial charge in [0.2, 0.25) is 10.0 Å². The largest absolute Gasteiger partial charge is 0.378 e. The topological polar surface area (TPSA) is 73.0 Å². The first-order valence-electron chi connectivity index (χ1n) is 9.17. The fraction of sp³-hybridized carbons (Fsp3) is 0.350. The predicted molar refractivity (Wildman–Crippen MR) is 111 cm³/mol. The van der Waals surface area contributed by atoms with Crippen LogP contribution in [-0.2, 0) is 10.0 Å². The van der Waals surface area contributed by atoms with Gasteiger partial charge in [-0.1, -0.05) is 17.7 Å². The van der Waals surface area contributed by atoms with Gasteiger partial charge in [0, 0.05) is 51.6 Å². The average molecular weight is 403 g/mol. The number of urea groups is 1. The molecule has 7 nitrogen and oxygen atoms in total. The van der Waals surface area contributed by atoms with E-state index in [9.17, 15) is 13.2 Å². The van der Waals surface area contributed by atoms with Crippen molar-refractivity contribution < 1.29 is 13.2 Å². The second kappa shape index (κ2) is 8.20. The maximum Gasteiger partial charge on any atom is 0.321 e. The van der Waals surface area contributed by atoms with Crippen molar-refractivity contribution in [3.63, 3.8) is 0 Å². The number of hydrogen-bond acceptors (Lipinski definition) is 4. The Bertz CT molecular complexity index is 917. The van der Waals surface area contributed by atoms with Crippen LogP contribution in [0.2, 0.25) is 0 Å². The Kier molecular flexibility index (Phi) is 5.90. The van der Waals surface area contributed by atoms with E-state index in [-0.39, 0.29) is 24.0 Å². The molecule has 0 saturated carbocycles. The Balaban J connectivity index is 1.58. The molecule has 1 fully saturated rings. The van der Waals surface area contributed by atoms with Crippen LogP contribution in [0, 0.1) is 6.92 Å². The molecular weight excluding hydrogens is 376 g/mol. The first-order valence-corrected chi connectivity index (χ1v) is 10.6. The Morgan fingerprint density at radius 3 is 2.04 bits per heavy atom. The molecule has 150 valence electrons. The van der Waals surface area contributed by atoms with Gasteiger partial charge in [0.25, 0.3) is 0 Å². The molecule has 1 saturated heterocycles. The maximum atomic E-state index is 12.8. The highest BCUT2D eigenvalue weighted by Gasteiger charge is 2.30. The van der Waals surface area contributed by atoms with Gasteiger partial charge in [-0.3, -0.25) is 0 Å². The molecule has 2 aromatic carbocycles. The predicted octanol–water partition coefficient (Wildman–Crippen LogP) is 2.60. The molecule has 2 amide bonds. The van der Waals surface area contributed by atoms with Crippen molar-refractivity contribution >= 4 is 27.4 Å². The van der Waals surface area contributed by atoms with Gasteiger partial charge in [0.1, 0.15) is 0 Å². The maximum absolute atomic E-state index is 12.8. The summed E-state index contributed by atoms with van der Waals surface area (Å²) in [6, 6.07) is 14.2. The van der Waals surface area contributed by atoms with Crippen LogP contribution in [-0.4, -0.2) is 63.9 Å². The van der Waals surface area contributed by atoms with E-state index in [2.05, 4.69) is 5.32 Å². The number of anilines is 2. The zero-order valence-corrected chi connectivity index (χ0v) is 17.2. The van der Waals surface area contributed by atoms with Crippen molar-refractivity contribution in [3.05, 3.63) is 54.1 Å². The molecule has 3 rings (SSSR count). The summed E-state index contributed by atoms with van der Waals surface area (Å²) in [7, 11) is 0.383. The summed E-state index contributed by atoms with van der Waals surface area (Å²) in [5, 5.41) is 2.87. The van der Waals surface area contributed by atoms with Crippen LogP contribution >= 0.6 is 0 Å². The molecule has 0 atom stereocenters. The molecule has 8 heteroatoms. The Hall–Kier alpha value is -2.58. The molecule has 0 radical (unpaired) electrons. The van der Waals surface area contributed by atoms with Crippen LogP contribution in [0.1, 0.15) is 5.56 Å². The van der Waals surface area contributed by atoms with E-state index < -0.39 is 10.0 Å². The zero-order chi connectivity index (χ0) is 20.3. The molecule has 2 aromatic rings. The standard InChI is InChI=1S/C20H26N4O3S/c1-16-4-10-19(11-5-16)28(26,27)24-14-12-23(13-15-24)20(25)21-17-6-8-18(9-7-17)22(2)3/h4-11H,12-15H2,1-3H3,(H,21,25). The van der Waals surface area contributed by atoms with E-state index in [1.54, 1.807) is 29.2 Å². The molecule has 1 aliphatic rings. The van der Waals surface area contributed by atoms with E-state index >= 15 is 0 Å². The molecule has 0 aromatic heterocycles. The molecule has 0 aliphatic carbocycles. The highest BCUT2D eigenvalue weighted by molar-refractivity contribution is 7.89. The fourth-order valence-electron chi connectivity index (χ4n) is 3.04. The number of amides is 2. The first-order chi connectivity index (χ1) is 13.3. The highest BCUT2D eigenvalue weighted by atomic mass is 32.2. The molecule has 0 unspecified atom stereocenters. The van der Waals surface area contributed by atoms with Crippen molar-refractivity contribution in [3.8, 4) is 0 Å². The quantitative estimate of drug-likeness (QED) is 0.853. The third-order valence-electron chi connectivity index (χ3n) is 4.82. The number of hydrogen-bond donors (Lipinski definition) is 1. The lowest BCUT2D eigenvalue weighted by Gasteiger charge is -2.34. The summed E-state index contributed by atoms with van der Waals surface area (Å²) < 4.78 is 26.9. The molecule has 1 N–H and O–H groups in total. The van der Waals surface area contributed by atoms with Gasteiger partial charge in [0.05, 0.1) is 4.90 Å². The summed E-state index contributed by atoms with van der Waals surface area (Å²) in [6.45, 7) is 3.19. The van der Waals surface area contributed by atoms with E-state index in [0.717, 1.165) is 11.3 Å². The third-order valence-corrected chi connectivity index (χ3v) is 6.73. The average Bonchev–Trinajstić information content (AvgIpc) is 2.69. The molecule has 0 spiro atoms. The first kappa shape index (κ1) is 20.2. The van der Waals surface area contributed by atoms with Crippen molar-refractivity contribution in [2.45, 2.75) is 11.8 Å². The van der Waals surface area contributed by atoms with Crippen molar-refractivity contribution in [2.24, 2.45) is 0 Å².